The van der Waals surface area contributed by atoms with E-state index < -0.39 is 11.3 Å². The summed E-state index contributed by atoms with van der Waals surface area (Å²) in [5.41, 5.74) is 13.0. The number of ether oxygens (including phenoxy) is 2. The molecule has 2 aliphatic rings. The Labute approximate surface area is 224 Å². The van der Waals surface area contributed by atoms with Crippen LogP contribution in [0.3, 0.4) is 0 Å². The minimum Gasteiger partial charge on any atom is -0.461 e. The van der Waals surface area contributed by atoms with Crippen LogP contribution >= 0.6 is 0 Å². The molecule has 8 heteroatoms. The SMILES string of the molecule is NC1(c2ccc(-c3nc4ccn5c(-c6ccco6)nnc5c4cc3-c3ccccc3)cc2)CC2(C1)OCCO2. The number of furan rings is 1. The van der Waals surface area contributed by atoms with Crippen molar-refractivity contribution < 1.29 is 13.9 Å². The fourth-order valence-corrected chi connectivity index (χ4v) is 6.00. The zero-order valence-corrected chi connectivity index (χ0v) is 21.1. The van der Waals surface area contributed by atoms with Gasteiger partial charge in [-0.1, -0.05) is 54.6 Å². The van der Waals surface area contributed by atoms with Crippen LogP contribution in [-0.2, 0) is 15.0 Å². The molecule has 5 heterocycles. The Morgan fingerprint density at radius 2 is 1.62 bits per heavy atom. The van der Waals surface area contributed by atoms with E-state index in [-0.39, 0.29) is 0 Å². The lowest BCUT2D eigenvalue weighted by Crippen LogP contribution is -2.60. The molecule has 6 aromatic rings. The molecule has 2 aromatic carbocycles. The van der Waals surface area contributed by atoms with Gasteiger partial charge in [0.1, 0.15) is 0 Å². The van der Waals surface area contributed by atoms with Crippen LogP contribution in [0.4, 0.5) is 0 Å². The fourth-order valence-electron chi connectivity index (χ4n) is 6.00. The smallest absolute Gasteiger partial charge is 0.204 e. The van der Waals surface area contributed by atoms with E-state index >= 15 is 0 Å². The van der Waals surface area contributed by atoms with Gasteiger partial charge in [0.25, 0.3) is 0 Å². The molecule has 2 fully saturated rings. The van der Waals surface area contributed by atoms with Crippen LogP contribution in [0.2, 0.25) is 0 Å². The Morgan fingerprint density at radius 1 is 0.821 bits per heavy atom. The Bertz CT molecular complexity index is 1810. The molecule has 0 amide bonds. The van der Waals surface area contributed by atoms with Gasteiger partial charge in [-0.3, -0.25) is 4.40 Å². The van der Waals surface area contributed by atoms with Crippen LogP contribution in [-0.4, -0.2) is 38.6 Å². The van der Waals surface area contributed by atoms with Gasteiger partial charge in [-0.15, -0.1) is 10.2 Å². The Balaban J connectivity index is 1.24. The van der Waals surface area contributed by atoms with Gasteiger partial charge in [0.05, 0.1) is 36.2 Å². The number of nitrogens with zero attached hydrogens (tertiary/aromatic N) is 4. The standard InChI is InChI=1S/C31H25N5O3/c32-30(18-31(19-30)38-15-16-39-31)22-10-8-21(9-11-22)27-23(20-5-2-1-3-6-20)17-24-25(33-27)12-13-36-28(24)34-35-29(36)26-7-4-14-37-26/h1-14,17H,15-16,18-19,32H2. The van der Waals surface area contributed by atoms with Crippen LogP contribution in [0.15, 0.2) is 95.7 Å². The predicted octanol–water partition coefficient (Wildman–Crippen LogP) is 5.56. The predicted molar refractivity (Wildman–Crippen MR) is 147 cm³/mol. The highest BCUT2D eigenvalue weighted by atomic mass is 16.7. The molecule has 1 aliphatic carbocycles. The Morgan fingerprint density at radius 3 is 2.36 bits per heavy atom. The van der Waals surface area contributed by atoms with Crippen molar-refractivity contribution in [3.63, 3.8) is 0 Å². The number of pyridine rings is 2. The van der Waals surface area contributed by atoms with E-state index in [0.29, 0.717) is 37.6 Å². The number of aromatic nitrogens is 4. The molecule has 1 saturated heterocycles. The van der Waals surface area contributed by atoms with Gasteiger partial charge in [0, 0.05) is 35.6 Å². The summed E-state index contributed by atoms with van der Waals surface area (Å²) in [5, 5.41) is 9.82. The van der Waals surface area contributed by atoms with Crippen LogP contribution in [0.1, 0.15) is 18.4 Å². The summed E-state index contributed by atoms with van der Waals surface area (Å²) < 4.78 is 19.2. The highest BCUT2D eigenvalue weighted by Crippen LogP contribution is 2.51. The molecular formula is C31H25N5O3. The van der Waals surface area contributed by atoms with E-state index in [1.165, 1.54) is 0 Å². The number of hydrogen-bond acceptors (Lipinski definition) is 7. The molecule has 0 unspecified atom stereocenters. The first-order valence-electron chi connectivity index (χ1n) is 13.1. The lowest BCUT2D eigenvalue weighted by molar-refractivity contribution is -0.239. The minimum atomic E-state index is -0.502. The van der Waals surface area contributed by atoms with Crippen LogP contribution in [0, 0.1) is 0 Å². The van der Waals surface area contributed by atoms with Crippen molar-refractivity contribution in [3.05, 3.63) is 96.9 Å². The van der Waals surface area contributed by atoms with E-state index in [0.717, 1.165) is 44.5 Å². The molecule has 1 saturated carbocycles. The van der Waals surface area contributed by atoms with Crippen molar-refractivity contribution in [2.75, 3.05) is 13.2 Å². The highest BCUT2D eigenvalue weighted by Gasteiger charge is 2.57. The molecule has 0 atom stereocenters. The first-order valence-corrected chi connectivity index (χ1v) is 13.1. The molecule has 1 aliphatic heterocycles. The summed E-state index contributed by atoms with van der Waals surface area (Å²) in [7, 11) is 0. The second-order valence-electron chi connectivity index (χ2n) is 10.4. The number of benzene rings is 2. The van der Waals surface area contributed by atoms with Crippen LogP contribution in [0.5, 0.6) is 0 Å². The number of hydrogen-bond donors (Lipinski definition) is 1. The fraction of sp³-hybridized carbons (Fsp3) is 0.194. The molecule has 8 nitrogen and oxygen atoms in total. The first kappa shape index (κ1) is 22.6. The van der Waals surface area contributed by atoms with Gasteiger partial charge in [-0.05, 0) is 35.4 Å². The molecular weight excluding hydrogens is 490 g/mol. The quantitative estimate of drug-likeness (QED) is 0.328. The molecule has 4 aromatic heterocycles. The Hall–Kier alpha value is -4.37. The molecule has 192 valence electrons. The number of fused-ring (bicyclic) bond motifs is 3. The lowest BCUT2D eigenvalue weighted by Gasteiger charge is -2.50. The normalized spacial score (nSPS) is 17.7. The second-order valence-corrected chi connectivity index (χ2v) is 10.4. The topological polar surface area (TPSA) is 101 Å². The van der Waals surface area contributed by atoms with E-state index in [9.17, 15) is 0 Å². The van der Waals surface area contributed by atoms with Gasteiger partial charge in [-0.2, -0.15) is 0 Å². The molecule has 0 bridgehead atoms. The summed E-state index contributed by atoms with van der Waals surface area (Å²) in [6, 6.07) is 26.6. The van der Waals surface area contributed by atoms with Crippen molar-refractivity contribution in [2.45, 2.75) is 24.2 Å². The lowest BCUT2D eigenvalue weighted by atomic mass is 9.68. The maximum Gasteiger partial charge on any atom is 0.204 e. The second kappa shape index (κ2) is 8.31. The van der Waals surface area contributed by atoms with Gasteiger partial charge in [-0.25, -0.2) is 4.98 Å². The summed E-state index contributed by atoms with van der Waals surface area (Å²) in [5.74, 6) is 0.813. The number of rotatable bonds is 4. The third kappa shape index (κ3) is 3.53. The summed E-state index contributed by atoms with van der Waals surface area (Å²) >= 11 is 0. The Kier molecular flexibility index (Phi) is 4.82. The first-order chi connectivity index (χ1) is 19.1. The average molecular weight is 516 g/mol. The largest absolute Gasteiger partial charge is 0.461 e. The highest BCUT2D eigenvalue weighted by molar-refractivity contribution is 5.98. The van der Waals surface area contributed by atoms with Crippen molar-refractivity contribution >= 4 is 16.6 Å². The maximum atomic E-state index is 6.76. The summed E-state index contributed by atoms with van der Waals surface area (Å²) in [6.07, 6.45) is 4.90. The molecule has 0 radical (unpaired) electrons. The monoisotopic (exact) mass is 515 g/mol. The van der Waals surface area contributed by atoms with Crippen LogP contribution < -0.4 is 5.73 Å². The third-order valence-electron chi connectivity index (χ3n) is 7.91. The minimum absolute atomic E-state index is 0.451. The van der Waals surface area contributed by atoms with Crippen molar-refractivity contribution in [2.24, 2.45) is 5.73 Å². The molecule has 39 heavy (non-hydrogen) atoms. The maximum absolute atomic E-state index is 6.76. The molecule has 2 N–H and O–H groups in total. The zero-order chi connectivity index (χ0) is 26.0. The van der Waals surface area contributed by atoms with Gasteiger partial charge in [0.15, 0.2) is 17.2 Å². The van der Waals surface area contributed by atoms with Crippen molar-refractivity contribution in [1.82, 2.24) is 19.6 Å². The third-order valence-corrected chi connectivity index (χ3v) is 7.91. The van der Waals surface area contributed by atoms with Gasteiger partial charge < -0.3 is 19.6 Å². The van der Waals surface area contributed by atoms with Gasteiger partial charge >= 0.3 is 0 Å². The molecule has 8 rings (SSSR count). The van der Waals surface area contributed by atoms with Crippen molar-refractivity contribution in [1.29, 1.82) is 0 Å². The van der Waals surface area contributed by atoms with E-state index in [4.69, 9.17) is 24.6 Å². The van der Waals surface area contributed by atoms with Gasteiger partial charge in [0.2, 0.25) is 5.82 Å². The summed E-state index contributed by atoms with van der Waals surface area (Å²) in [4.78, 5) is 5.15. The van der Waals surface area contributed by atoms with E-state index in [1.54, 1.807) is 6.26 Å². The van der Waals surface area contributed by atoms with Crippen molar-refractivity contribution in [3.8, 4) is 34.0 Å². The zero-order valence-electron chi connectivity index (χ0n) is 21.1. The van der Waals surface area contributed by atoms with Crippen LogP contribution in [0.25, 0.3) is 50.5 Å². The average Bonchev–Trinajstić information content (AvgIpc) is 3.74. The summed E-state index contributed by atoms with van der Waals surface area (Å²) in [6.45, 7) is 1.27. The number of nitrogens with two attached hydrogens (primary N) is 1. The molecule has 1 spiro atoms. The van der Waals surface area contributed by atoms with E-state index in [1.807, 2.05) is 47.0 Å². The van der Waals surface area contributed by atoms with E-state index in [2.05, 4.69) is 52.7 Å².